The Balaban J connectivity index is 1.96. The Labute approximate surface area is 170 Å². The number of aromatic hydroxyl groups is 2. The third-order valence-electron chi connectivity index (χ3n) is 4.65. The molecule has 0 radical (unpaired) electrons. The number of fused-ring (bicyclic) bond motifs is 1. The van der Waals surface area contributed by atoms with Gasteiger partial charge in [0.1, 0.15) is 22.8 Å². The van der Waals surface area contributed by atoms with Crippen molar-refractivity contribution in [2.45, 2.75) is 25.6 Å². The van der Waals surface area contributed by atoms with E-state index in [1.807, 2.05) is 0 Å². The van der Waals surface area contributed by atoms with Crippen molar-refractivity contribution in [2.75, 3.05) is 0 Å². The first-order valence-corrected chi connectivity index (χ1v) is 8.72. The van der Waals surface area contributed by atoms with E-state index in [0.29, 0.717) is 0 Å². The lowest BCUT2D eigenvalue weighted by atomic mass is 9.79. The van der Waals surface area contributed by atoms with Gasteiger partial charge in [0.05, 0.1) is 6.26 Å². The van der Waals surface area contributed by atoms with E-state index in [-0.39, 0.29) is 33.8 Å². The zero-order valence-corrected chi connectivity index (χ0v) is 15.9. The number of carboxylic acids is 1. The third kappa shape index (κ3) is 3.83. The molecule has 9 heteroatoms. The fourth-order valence-electron chi connectivity index (χ4n) is 3.13. The van der Waals surface area contributed by atoms with Crippen LogP contribution in [0.1, 0.15) is 22.8 Å². The maximum atomic E-state index is 12.7. The first kappa shape index (κ1) is 20.9. The van der Waals surface area contributed by atoms with Crippen LogP contribution >= 0.6 is 0 Å². The van der Waals surface area contributed by atoms with Gasteiger partial charge in [-0.25, -0.2) is 9.59 Å². The highest BCUT2D eigenvalue weighted by Crippen LogP contribution is 2.37. The molecule has 0 spiro atoms. The average molecular weight is 414 g/mol. The Morgan fingerprint density at radius 3 is 2.57 bits per heavy atom. The number of phenols is 2. The second-order valence-corrected chi connectivity index (χ2v) is 6.96. The summed E-state index contributed by atoms with van der Waals surface area (Å²) in [6.07, 6.45) is 4.21. The topological polar surface area (TPSA) is 151 Å². The predicted molar refractivity (Wildman–Crippen MR) is 101 cm³/mol. The number of esters is 1. The van der Waals surface area contributed by atoms with E-state index in [9.17, 15) is 29.7 Å². The molecule has 2 atom stereocenters. The van der Waals surface area contributed by atoms with Crippen molar-refractivity contribution >= 4 is 17.7 Å². The molecule has 1 aromatic carbocycles. The molecule has 0 unspecified atom stereocenters. The van der Waals surface area contributed by atoms with Crippen LogP contribution in [0.4, 0.5) is 0 Å². The molecule has 1 aliphatic carbocycles. The molecule has 156 valence electrons. The van der Waals surface area contributed by atoms with Gasteiger partial charge in [0, 0.05) is 17.7 Å². The summed E-state index contributed by atoms with van der Waals surface area (Å²) in [6, 6.07) is 2.21. The number of ketones is 1. The van der Waals surface area contributed by atoms with Crippen LogP contribution in [-0.4, -0.2) is 49.9 Å². The van der Waals surface area contributed by atoms with Gasteiger partial charge >= 0.3 is 11.9 Å². The molecule has 1 heterocycles. The number of aryl methyl sites for hydroxylation is 1. The van der Waals surface area contributed by atoms with Gasteiger partial charge in [-0.05, 0) is 49.3 Å². The van der Waals surface area contributed by atoms with E-state index in [1.165, 1.54) is 32.1 Å². The van der Waals surface area contributed by atoms with Gasteiger partial charge in [0.25, 0.3) is 0 Å². The largest absolute Gasteiger partial charge is 0.508 e. The maximum absolute atomic E-state index is 12.7. The number of phenolic OH excluding ortho intramolecular Hbond substituents is 2. The number of aliphatic carboxylic acids is 1. The molecular formula is C21H18O9. The number of hydrogen-bond donors (Lipinski definition) is 4. The minimum absolute atomic E-state index is 0.124. The van der Waals surface area contributed by atoms with Crippen molar-refractivity contribution in [1.29, 1.82) is 0 Å². The van der Waals surface area contributed by atoms with E-state index >= 15 is 0 Å². The van der Waals surface area contributed by atoms with Gasteiger partial charge in [0.2, 0.25) is 0 Å². The van der Waals surface area contributed by atoms with E-state index in [2.05, 4.69) is 0 Å². The standard InChI is InChI=1S/C21H18O9/c1-10-5-12(22)8-15(23)18(10)20(27)30-19-14-9-29-13(3-4-17(25)26)6-11(14)7-16(24)21(19,2)28/h3-9,19,22-23,28H,1-2H3,(H,25,26)/t19-,21+/m1/s1. The normalized spacial score (nSPS) is 23.1. The van der Waals surface area contributed by atoms with Crippen molar-refractivity contribution < 1.29 is 44.3 Å². The molecule has 1 aliphatic heterocycles. The molecule has 30 heavy (non-hydrogen) atoms. The summed E-state index contributed by atoms with van der Waals surface area (Å²) >= 11 is 0. The second-order valence-electron chi connectivity index (χ2n) is 6.96. The lowest BCUT2D eigenvalue weighted by Gasteiger charge is -2.36. The SMILES string of the molecule is Cc1cc(O)cc(O)c1C(=O)O[C@@H]1C2=COC(C=CC(=O)O)=CC2=CC(=O)[C@]1(C)O. The molecule has 4 N–H and O–H groups in total. The molecule has 0 amide bonds. The minimum Gasteiger partial charge on any atom is -0.508 e. The van der Waals surface area contributed by atoms with Crippen molar-refractivity contribution in [3.05, 3.63) is 70.7 Å². The highest BCUT2D eigenvalue weighted by atomic mass is 16.6. The first-order chi connectivity index (χ1) is 14.0. The Bertz CT molecular complexity index is 1050. The van der Waals surface area contributed by atoms with Crippen LogP contribution < -0.4 is 0 Å². The van der Waals surface area contributed by atoms with Crippen LogP contribution in [0.15, 0.2) is 59.6 Å². The predicted octanol–water partition coefficient (Wildman–Crippen LogP) is 1.63. The Hall–Kier alpha value is -3.85. The number of aliphatic hydroxyl groups is 1. The van der Waals surface area contributed by atoms with Crippen LogP contribution in [0, 0.1) is 6.92 Å². The van der Waals surface area contributed by atoms with Crippen LogP contribution in [0.25, 0.3) is 0 Å². The first-order valence-electron chi connectivity index (χ1n) is 8.72. The van der Waals surface area contributed by atoms with E-state index < -0.39 is 35.2 Å². The van der Waals surface area contributed by atoms with Crippen molar-refractivity contribution in [3.8, 4) is 11.5 Å². The van der Waals surface area contributed by atoms with Crippen molar-refractivity contribution in [2.24, 2.45) is 0 Å². The molecule has 2 aliphatic rings. The second kappa shape index (κ2) is 7.53. The zero-order valence-electron chi connectivity index (χ0n) is 15.9. The smallest absolute Gasteiger partial charge is 0.342 e. The number of benzene rings is 1. The van der Waals surface area contributed by atoms with E-state index in [0.717, 1.165) is 24.5 Å². The number of hydrogen-bond acceptors (Lipinski definition) is 8. The van der Waals surface area contributed by atoms with Gasteiger partial charge in [-0.3, -0.25) is 4.79 Å². The molecule has 0 aromatic heterocycles. The number of carbonyl (C=O) groups is 3. The van der Waals surface area contributed by atoms with Gasteiger partial charge in [-0.1, -0.05) is 0 Å². The number of carboxylic acid groups (broad SMARTS) is 1. The highest BCUT2D eigenvalue weighted by molar-refractivity contribution is 6.02. The van der Waals surface area contributed by atoms with E-state index in [1.54, 1.807) is 0 Å². The summed E-state index contributed by atoms with van der Waals surface area (Å²) in [5.74, 6) is -3.60. The summed E-state index contributed by atoms with van der Waals surface area (Å²) in [4.78, 5) is 35.8. The van der Waals surface area contributed by atoms with Crippen molar-refractivity contribution in [1.82, 2.24) is 0 Å². The lowest BCUT2D eigenvalue weighted by molar-refractivity contribution is -0.141. The number of carbonyl (C=O) groups excluding carboxylic acids is 2. The summed E-state index contributed by atoms with van der Waals surface area (Å²) in [5.41, 5.74) is -1.67. The fourth-order valence-corrected chi connectivity index (χ4v) is 3.13. The van der Waals surface area contributed by atoms with Gasteiger partial charge in [0.15, 0.2) is 17.5 Å². The molecule has 3 rings (SSSR count). The molecular weight excluding hydrogens is 396 g/mol. The number of ether oxygens (including phenoxy) is 2. The summed E-state index contributed by atoms with van der Waals surface area (Å²) in [5, 5.41) is 38.9. The van der Waals surface area contributed by atoms with E-state index in [4.69, 9.17) is 14.6 Å². The van der Waals surface area contributed by atoms with Crippen molar-refractivity contribution in [3.63, 3.8) is 0 Å². The summed E-state index contributed by atoms with van der Waals surface area (Å²) in [7, 11) is 0. The molecule has 0 saturated heterocycles. The quantitative estimate of drug-likeness (QED) is 0.426. The maximum Gasteiger partial charge on any atom is 0.342 e. The Morgan fingerprint density at radius 2 is 1.93 bits per heavy atom. The lowest BCUT2D eigenvalue weighted by Crippen LogP contribution is -2.52. The third-order valence-corrected chi connectivity index (χ3v) is 4.65. The van der Waals surface area contributed by atoms with Gasteiger partial charge in [-0.2, -0.15) is 0 Å². The summed E-state index contributed by atoms with van der Waals surface area (Å²) in [6.45, 7) is 2.65. The van der Waals surface area contributed by atoms with Crippen LogP contribution in [0.5, 0.6) is 11.5 Å². The highest BCUT2D eigenvalue weighted by Gasteiger charge is 2.48. The Kier molecular flexibility index (Phi) is 5.24. The molecule has 0 bridgehead atoms. The van der Waals surface area contributed by atoms with Gasteiger partial charge < -0.3 is 29.9 Å². The Morgan fingerprint density at radius 1 is 1.23 bits per heavy atom. The van der Waals surface area contributed by atoms with Crippen LogP contribution in [0.2, 0.25) is 0 Å². The fraction of sp³-hybridized carbons (Fsp3) is 0.190. The van der Waals surface area contributed by atoms with Crippen LogP contribution in [-0.2, 0) is 19.1 Å². The minimum atomic E-state index is -2.11. The summed E-state index contributed by atoms with van der Waals surface area (Å²) < 4.78 is 10.7. The number of rotatable bonds is 4. The zero-order chi connectivity index (χ0) is 22.2. The van der Waals surface area contributed by atoms with Crippen LogP contribution in [0.3, 0.4) is 0 Å². The average Bonchev–Trinajstić information content (AvgIpc) is 2.63. The number of allylic oxidation sites excluding steroid dienone is 2. The van der Waals surface area contributed by atoms with Gasteiger partial charge in [-0.15, -0.1) is 0 Å². The monoisotopic (exact) mass is 414 g/mol. The molecule has 0 fully saturated rings. The molecule has 9 nitrogen and oxygen atoms in total. The molecule has 1 aromatic rings. The molecule has 0 saturated carbocycles.